The summed E-state index contributed by atoms with van der Waals surface area (Å²) in [6.45, 7) is 11.9. The fourth-order valence-corrected chi connectivity index (χ4v) is 3.12. The second-order valence-corrected chi connectivity index (χ2v) is 7.00. The van der Waals surface area contributed by atoms with E-state index in [-0.39, 0.29) is 17.9 Å². The van der Waals surface area contributed by atoms with Crippen LogP contribution in [0.3, 0.4) is 0 Å². The highest BCUT2D eigenvalue weighted by atomic mass is 16.5. The van der Waals surface area contributed by atoms with Gasteiger partial charge in [-0.2, -0.15) is 4.98 Å². The van der Waals surface area contributed by atoms with Gasteiger partial charge in [0.15, 0.2) is 5.82 Å². The van der Waals surface area contributed by atoms with E-state index < -0.39 is 0 Å². The van der Waals surface area contributed by atoms with Crippen LogP contribution in [0.1, 0.15) is 65.2 Å². The first kappa shape index (κ1) is 17.9. The summed E-state index contributed by atoms with van der Waals surface area (Å²) in [4.78, 5) is 18.6. The van der Waals surface area contributed by atoms with Crippen LogP contribution in [0.5, 0.6) is 0 Å². The first-order valence-corrected chi connectivity index (χ1v) is 8.79. The first-order chi connectivity index (χ1) is 10.9. The minimum absolute atomic E-state index is 0.0351. The molecule has 0 radical (unpaired) electrons. The van der Waals surface area contributed by atoms with Crippen LogP contribution in [0.25, 0.3) is 0 Å². The molecule has 1 N–H and O–H groups in total. The second-order valence-electron chi connectivity index (χ2n) is 7.00. The molecule has 0 aromatic carbocycles. The van der Waals surface area contributed by atoms with Crippen molar-refractivity contribution in [2.75, 3.05) is 13.1 Å². The van der Waals surface area contributed by atoms with Gasteiger partial charge in [-0.15, -0.1) is 0 Å². The van der Waals surface area contributed by atoms with Crippen LogP contribution in [0, 0.1) is 11.8 Å². The smallest absolute Gasteiger partial charge is 0.243 e. The van der Waals surface area contributed by atoms with Crippen molar-refractivity contribution >= 4 is 5.91 Å². The van der Waals surface area contributed by atoms with Crippen LogP contribution >= 0.6 is 0 Å². The molecule has 6 nitrogen and oxygen atoms in total. The average molecular weight is 322 g/mol. The Labute approximate surface area is 139 Å². The van der Waals surface area contributed by atoms with Crippen molar-refractivity contribution in [1.29, 1.82) is 0 Å². The zero-order chi connectivity index (χ0) is 17.0. The Balaban J connectivity index is 1.89. The second kappa shape index (κ2) is 7.90. The number of aryl methyl sites for hydroxylation is 1. The number of hydrogen-bond donors (Lipinski definition) is 1. The molecule has 0 bridgehead atoms. The number of carbonyl (C=O) groups is 1. The molecule has 2 rings (SSSR count). The molecular weight excluding hydrogens is 292 g/mol. The third-order valence-corrected chi connectivity index (χ3v) is 4.50. The van der Waals surface area contributed by atoms with Gasteiger partial charge in [0.1, 0.15) is 0 Å². The molecular formula is C17H30N4O2. The van der Waals surface area contributed by atoms with Gasteiger partial charge in [0.2, 0.25) is 11.8 Å². The van der Waals surface area contributed by atoms with E-state index in [0.717, 1.165) is 38.2 Å². The van der Waals surface area contributed by atoms with Gasteiger partial charge < -0.3 is 14.7 Å². The molecule has 23 heavy (non-hydrogen) atoms. The van der Waals surface area contributed by atoms with Gasteiger partial charge in [0.05, 0.1) is 6.04 Å². The maximum atomic E-state index is 12.1. The van der Waals surface area contributed by atoms with E-state index in [2.05, 4.69) is 36.2 Å². The zero-order valence-electron chi connectivity index (χ0n) is 15.0. The summed E-state index contributed by atoms with van der Waals surface area (Å²) >= 11 is 0. The molecule has 1 aromatic rings. The number of amides is 1. The van der Waals surface area contributed by atoms with Gasteiger partial charge in [0.25, 0.3) is 0 Å². The lowest BCUT2D eigenvalue weighted by Crippen LogP contribution is -2.51. The van der Waals surface area contributed by atoms with Gasteiger partial charge in [-0.1, -0.05) is 32.9 Å². The average Bonchev–Trinajstić information content (AvgIpc) is 2.97. The van der Waals surface area contributed by atoms with Crippen LogP contribution in [0.15, 0.2) is 4.52 Å². The number of rotatable bonds is 6. The minimum atomic E-state index is 0.0351. The number of carbonyl (C=O) groups excluding carboxylic acids is 1. The van der Waals surface area contributed by atoms with Crippen molar-refractivity contribution in [1.82, 2.24) is 20.4 Å². The molecule has 1 aromatic heterocycles. The highest BCUT2D eigenvalue weighted by Gasteiger charge is 2.31. The largest absolute Gasteiger partial charge is 0.342 e. The molecule has 0 saturated carbocycles. The number of nitrogens with one attached hydrogen (secondary N) is 1. The van der Waals surface area contributed by atoms with Gasteiger partial charge in [-0.05, 0) is 25.7 Å². The molecule has 6 heteroatoms. The standard InChI is InChI=1S/C17H30N4O2/c1-6-7-15-19-16(23-20-15)13(5)18-14-8-9-21(10-12(14)4)17(22)11(2)3/h11-14,18H,6-10H2,1-5H3/t12-,13-,14+/m0/s1. The predicted octanol–water partition coefficient (Wildman–Crippen LogP) is 2.57. The fraction of sp³-hybridized carbons (Fsp3) is 0.824. The number of hydrogen-bond acceptors (Lipinski definition) is 5. The first-order valence-electron chi connectivity index (χ1n) is 8.79. The molecule has 1 saturated heterocycles. The van der Waals surface area contributed by atoms with E-state index in [4.69, 9.17) is 4.52 Å². The Bertz CT molecular complexity index is 514. The van der Waals surface area contributed by atoms with Crippen molar-refractivity contribution in [2.45, 2.75) is 66.0 Å². The molecule has 3 atom stereocenters. The van der Waals surface area contributed by atoms with Crippen LogP contribution in [0.4, 0.5) is 0 Å². The molecule has 0 unspecified atom stereocenters. The highest BCUT2D eigenvalue weighted by Crippen LogP contribution is 2.22. The monoisotopic (exact) mass is 322 g/mol. The summed E-state index contributed by atoms with van der Waals surface area (Å²) < 4.78 is 5.36. The lowest BCUT2D eigenvalue weighted by atomic mass is 9.92. The third kappa shape index (κ3) is 4.53. The summed E-state index contributed by atoms with van der Waals surface area (Å²) in [5.41, 5.74) is 0. The number of likely N-dealkylation sites (tertiary alicyclic amines) is 1. The highest BCUT2D eigenvalue weighted by molar-refractivity contribution is 5.78. The van der Waals surface area contributed by atoms with Crippen molar-refractivity contribution < 1.29 is 9.32 Å². The minimum Gasteiger partial charge on any atom is -0.342 e. The maximum absolute atomic E-state index is 12.1. The summed E-state index contributed by atoms with van der Waals surface area (Å²) in [6.07, 6.45) is 2.82. The quantitative estimate of drug-likeness (QED) is 0.871. The molecule has 0 spiro atoms. The molecule has 0 aliphatic carbocycles. The molecule has 130 valence electrons. The van der Waals surface area contributed by atoms with Gasteiger partial charge in [-0.3, -0.25) is 4.79 Å². The molecule has 1 aliphatic heterocycles. The van der Waals surface area contributed by atoms with Crippen LogP contribution < -0.4 is 5.32 Å². The molecule has 2 heterocycles. The zero-order valence-corrected chi connectivity index (χ0v) is 15.0. The Morgan fingerprint density at radius 1 is 1.43 bits per heavy atom. The summed E-state index contributed by atoms with van der Waals surface area (Å²) in [6, 6.07) is 0.399. The van der Waals surface area contributed by atoms with Gasteiger partial charge >= 0.3 is 0 Å². The topological polar surface area (TPSA) is 71.3 Å². The van der Waals surface area contributed by atoms with Crippen LogP contribution in [-0.4, -0.2) is 40.1 Å². The third-order valence-electron chi connectivity index (χ3n) is 4.50. The lowest BCUT2D eigenvalue weighted by Gasteiger charge is -2.39. The van der Waals surface area contributed by atoms with E-state index in [1.54, 1.807) is 0 Å². The van der Waals surface area contributed by atoms with Crippen LogP contribution in [-0.2, 0) is 11.2 Å². The maximum Gasteiger partial charge on any atom is 0.243 e. The normalized spacial score (nSPS) is 23.3. The molecule has 1 fully saturated rings. The summed E-state index contributed by atoms with van der Waals surface area (Å²) in [5.74, 6) is 2.17. The number of aromatic nitrogens is 2. The Kier molecular flexibility index (Phi) is 6.16. The van der Waals surface area contributed by atoms with E-state index in [0.29, 0.717) is 17.9 Å². The molecule has 1 amide bonds. The summed E-state index contributed by atoms with van der Waals surface area (Å²) in [7, 11) is 0. The van der Waals surface area contributed by atoms with Crippen LogP contribution in [0.2, 0.25) is 0 Å². The van der Waals surface area contributed by atoms with Gasteiger partial charge in [-0.25, -0.2) is 0 Å². The van der Waals surface area contributed by atoms with Crippen molar-refractivity contribution in [3.63, 3.8) is 0 Å². The molecule has 1 aliphatic rings. The Morgan fingerprint density at radius 3 is 2.78 bits per heavy atom. The van der Waals surface area contributed by atoms with Crippen molar-refractivity contribution in [2.24, 2.45) is 11.8 Å². The van der Waals surface area contributed by atoms with E-state index >= 15 is 0 Å². The summed E-state index contributed by atoms with van der Waals surface area (Å²) in [5, 5.41) is 7.61. The Hall–Kier alpha value is -1.43. The SMILES string of the molecule is CCCc1noc([C@H](C)N[C@@H]2CCN(C(=O)C(C)C)C[C@@H]2C)n1. The van der Waals surface area contributed by atoms with E-state index in [1.165, 1.54) is 0 Å². The van der Waals surface area contributed by atoms with Crippen molar-refractivity contribution in [3.8, 4) is 0 Å². The Morgan fingerprint density at radius 2 is 2.17 bits per heavy atom. The predicted molar refractivity (Wildman–Crippen MR) is 88.8 cm³/mol. The van der Waals surface area contributed by atoms with Gasteiger partial charge in [0, 0.05) is 31.5 Å². The fourth-order valence-electron chi connectivity index (χ4n) is 3.12. The van der Waals surface area contributed by atoms with E-state index in [1.807, 2.05) is 18.7 Å². The number of nitrogens with zero attached hydrogens (tertiary/aromatic N) is 3. The lowest BCUT2D eigenvalue weighted by molar-refractivity contribution is -0.136. The van der Waals surface area contributed by atoms with E-state index in [9.17, 15) is 4.79 Å². The van der Waals surface area contributed by atoms with Crippen molar-refractivity contribution in [3.05, 3.63) is 11.7 Å². The number of piperidine rings is 1.